The first-order valence-electron chi connectivity index (χ1n) is 5.82. The van der Waals surface area contributed by atoms with Gasteiger partial charge in [0, 0.05) is 16.6 Å². The van der Waals surface area contributed by atoms with Gasteiger partial charge in [-0.2, -0.15) is 11.3 Å². The molecule has 0 fully saturated rings. The molecule has 0 saturated carbocycles. The fraction of sp³-hybridized carbons (Fsp3) is 0.214. The third-order valence-corrected chi connectivity index (χ3v) is 4.37. The van der Waals surface area contributed by atoms with Crippen molar-refractivity contribution < 1.29 is 9.90 Å². The Morgan fingerprint density at radius 1 is 1.47 bits per heavy atom. The molecule has 0 bridgehead atoms. The van der Waals surface area contributed by atoms with Gasteiger partial charge in [0.2, 0.25) is 0 Å². The Hall–Kier alpha value is -1.17. The van der Waals surface area contributed by atoms with Crippen LogP contribution in [0.15, 0.2) is 39.5 Å². The molecule has 2 N–H and O–H groups in total. The van der Waals surface area contributed by atoms with E-state index in [9.17, 15) is 9.90 Å². The summed E-state index contributed by atoms with van der Waals surface area (Å²) in [5.41, 5.74) is 2.49. The Bertz CT molecular complexity index is 569. The molecule has 0 aliphatic carbocycles. The molecule has 1 aromatic heterocycles. The van der Waals surface area contributed by atoms with Crippen LogP contribution < -0.4 is 5.32 Å². The largest absolute Gasteiger partial charge is 0.387 e. The second-order valence-corrected chi connectivity index (χ2v) is 5.88. The number of hydrogen-bond acceptors (Lipinski definition) is 3. The average Bonchev–Trinajstić information content (AvgIpc) is 2.92. The molecule has 100 valence electrons. The minimum atomic E-state index is -0.663. The van der Waals surface area contributed by atoms with E-state index in [2.05, 4.69) is 21.2 Å². The number of carbonyl (C=O) groups is 1. The topological polar surface area (TPSA) is 49.3 Å². The van der Waals surface area contributed by atoms with Crippen LogP contribution in [-0.4, -0.2) is 17.6 Å². The highest BCUT2D eigenvalue weighted by atomic mass is 79.9. The van der Waals surface area contributed by atoms with Crippen LogP contribution >= 0.6 is 27.3 Å². The number of benzene rings is 1. The first-order valence-corrected chi connectivity index (χ1v) is 7.56. The number of halogens is 1. The summed E-state index contributed by atoms with van der Waals surface area (Å²) in [5.74, 6) is -0.185. The molecule has 0 radical (unpaired) electrons. The van der Waals surface area contributed by atoms with E-state index >= 15 is 0 Å². The number of aliphatic hydroxyl groups is 1. The van der Waals surface area contributed by atoms with Gasteiger partial charge < -0.3 is 10.4 Å². The molecule has 5 heteroatoms. The van der Waals surface area contributed by atoms with Crippen LogP contribution in [0, 0.1) is 6.92 Å². The Kier molecular flexibility index (Phi) is 4.74. The van der Waals surface area contributed by atoms with E-state index in [4.69, 9.17) is 0 Å². The predicted molar refractivity (Wildman–Crippen MR) is 80.5 cm³/mol. The Labute approximate surface area is 124 Å². The van der Waals surface area contributed by atoms with Gasteiger partial charge in [-0.1, -0.05) is 22.0 Å². The number of aryl methyl sites for hydroxylation is 1. The first kappa shape index (κ1) is 14.2. The molecule has 1 amide bonds. The van der Waals surface area contributed by atoms with Crippen LogP contribution in [-0.2, 0) is 0 Å². The zero-order chi connectivity index (χ0) is 13.8. The molecule has 0 aliphatic rings. The lowest BCUT2D eigenvalue weighted by Gasteiger charge is -2.11. The minimum Gasteiger partial charge on any atom is -0.387 e. The van der Waals surface area contributed by atoms with Crippen molar-refractivity contribution >= 4 is 33.2 Å². The lowest BCUT2D eigenvalue weighted by molar-refractivity contribution is 0.0916. The summed E-state index contributed by atoms with van der Waals surface area (Å²) in [4.78, 5) is 11.9. The highest BCUT2D eigenvalue weighted by molar-refractivity contribution is 9.10. The van der Waals surface area contributed by atoms with Crippen LogP contribution in [0.5, 0.6) is 0 Å². The number of nitrogens with one attached hydrogen (secondary N) is 1. The fourth-order valence-electron chi connectivity index (χ4n) is 1.61. The van der Waals surface area contributed by atoms with Gasteiger partial charge >= 0.3 is 0 Å². The van der Waals surface area contributed by atoms with Crippen LogP contribution in [0.2, 0.25) is 0 Å². The Morgan fingerprint density at radius 3 is 2.89 bits per heavy atom. The maximum absolute atomic E-state index is 11.9. The predicted octanol–water partition coefficient (Wildman–Crippen LogP) is 3.28. The van der Waals surface area contributed by atoms with Gasteiger partial charge in [0.25, 0.3) is 5.91 Å². The van der Waals surface area contributed by atoms with Gasteiger partial charge in [-0.15, -0.1) is 0 Å². The summed E-state index contributed by atoms with van der Waals surface area (Å²) in [7, 11) is 0. The molecule has 0 saturated heterocycles. The summed E-state index contributed by atoms with van der Waals surface area (Å²) in [6.45, 7) is 2.17. The number of thiophene rings is 1. The van der Waals surface area contributed by atoms with Crippen LogP contribution in [0.4, 0.5) is 0 Å². The summed E-state index contributed by atoms with van der Waals surface area (Å²) >= 11 is 4.92. The van der Waals surface area contributed by atoms with Gasteiger partial charge in [0.1, 0.15) is 0 Å². The normalized spacial score (nSPS) is 12.2. The van der Waals surface area contributed by atoms with Crippen LogP contribution in [0.3, 0.4) is 0 Å². The van der Waals surface area contributed by atoms with Gasteiger partial charge in [-0.3, -0.25) is 4.79 Å². The number of aliphatic hydroxyl groups excluding tert-OH is 1. The summed E-state index contributed by atoms with van der Waals surface area (Å²) in [6.07, 6.45) is -0.663. The average molecular weight is 340 g/mol. The number of carbonyl (C=O) groups excluding carboxylic acids is 1. The molecular formula is C14H14BrNO2S. The summed E-state index contributed by atoms with van der Waals surface area (Å²) in [5, 5.41) is 16.4. The zero-order valence-electron chi connectivity index (χ0n) is 10.4. The molecule has 1 unspecified atom stereocenters. The van der Waals surface area contributed by atoms with Crippen LogP contribution in [0.1, 0.15) is 27.6 Å². The van der Waals surface area contributed by atoms with Crippen molar-refractivity contribution in [3.63, 3.8) is 0 Å². The van der Waals surface area contributed by atoms with E-state index in [1.165, 1.54) is 11.3 Å². The van der Waals surface area contributed by atoms with Crippen molar-refractivity contribution in [1.82, 2.24) is 5.32 Å². The Morgan fingerprint density at radius 2 is 2.26 bits per heavy atom. The van der Waals surface area contributed by atoms with Crippen molar-refractivity contribution in [1.29, 1.82) is 0 Å². The van der Waals surface area contributed by atoms with E-state index in [1.54, 1.807) is 12.1 Å². The molecule has 2 rings (SSSR count). The molecule has 1 aromatic carbocycles. The molecule has 3 nitrogen and oxygen atoms in total. The third-order valence-electron chi connectivity index (χ3n) is 2.82. The standard InChI is InChI=1S/C14H14BrNO2S/c1-9-2-3-10(6-12(9)15)14(18)16-7-13(17)11-4-5-19-8-11/h2-6,8,13,17H,7H2,1H3,(H,16,18). The molecule has 0 spiro atoms. The van der Waals surface area contributed by atoms with E-state index in [1.807, 2.05) is 29.8 Å². The molecule has 19 heavy (non-hydrogen) atoms. The smallest absolute Gasteiger partial charge is 0.251 e. The van der Waals surface area contributed by atoms with Crippen molar-refractivity contribution in [2.24, 2.45) is 0 Å². The second kappa shape index (κ2) is 6.32. The van der Waals surface area contributed by atoms with Crippen molar-refractivity contribution in [2.45, 2.75) is 13.0 Å². The van der Waals surface area contributed by atoms with E-state index in [-0.39, 0.29) is 12.5 Å². The fourth-order valence-corrected chi connectivity index (χ4v) is 2.69. The lowest BCUT2D eigenvalue weighted by atomic mass is 10.1. The molecule has 1 atom stereocenters. The summed E-state index contributed by atoms with van der Waals surface area (Å²) in [6, 6.07) is 7.28. The van der Waals surface area contributed by atoms with Gasteiger partial charge in [-0.25, -0.2) is 0 Å². The highest BCUT2D eigenvalue weighted by Gasteiger charge is 2.11. The third kappa shape index (κ3) is 3.65. The highest BCUT2D eigenvalue weighted by Crippen LogP contribution is 2.18. The zero-order valence-corrected chi connectivity index (χ0v) is 12.8. The van der Waals surface area contributed by atoms with Crippen molar-refractivity contribution in [3.05, 3.63) is 56.2 Å². The monoisotopic (exact) mass is 339 g/mol. The SMILES string of the molecule is Cc1ccc(C(=O)NCC(O)c2ccsc2)cc1Br. The maximum atomic E-state index is 11.9. The van der Waals surface area contributed by atoms with Crippen molar-refractivity contribution in [2.75, 3.05) is 6.54 Å². The van der Waals surface area contributed by atoms with Crippen LogP contribution in [0.25, 0.3) is 0 Å². The Balaban J connectivity index is 1.96. The summed E-state index contributed by atoms with van der Waals surface area (Å²) < 4.78 is 0.901. The second-order valence-electron chi connectivity index (χ2n) is 4.25. The molecular weight excluding hydrogens is 326 g/mol. The van der Waals surface area contributed by atoms with E-state index in [0.717, 1.165) is 15.6 Å². The quantitative estimate of drug-likeness (QED) is 0.897. The number of hydrogen-bond donors (Lipinski definition) is 2. The maximum Gasteiger partial charge on any atom is 0.251 e. The van der Waals surface area contributed by atoms with E-state index in [0.29, 0.717) is 5.56 Å². The lowest BCUT2D eigenvalue weighted by Crippen LogP contribution is -2.28. The van der Waals surface area contributed by atoms with Gasteiger partial charge in [0.15, 0.2) is 0 Å². The van der Waals surface area contributed by atoms with E-state index < -0.39 is 6.10 Å². The molecule has 2 aromatic rings. The molecule has 0 aliphatic heterocycles. The number of rotatable bonds is 4. The van der Waals surface area contributed by atoms with Gasteiger partial charge in [0.05, 0.1) is 6.10 Å². The minimum absolute atomic E-state index is 0.185. The number of amides is 1. The van der Waals surface area contributed by atoms with Crippen molar-refractivity contribution in [3.8, 4) is 0 Å². The van der Waals surface area contributed by atoms with Gasteiger partial charge in [-0.05, 0) is 47.0 Å². The first-order chi connectivity index (χ1) is 9.08. The molecule has 1 heterocycles.